The van der Waals surface area contributed by atoms with Crippen LogP contribution in [0.5, 0.6) is 11.5 Å². The van der Waals surface area contributed by atoms with E-state index in [-0.39, 0.29) is 5.75 Å². The van der Waals surface area contributed by atoms with Gasteiger partial charge in [-0.15, -0.1) is 0 Å². The third-order valence-corrected chi connectivity index (χ3v) is 3.19. The Morgan fingerprint density at radius 3 is 2.79 bits per heavy atom. The highest BCUT2D eigenvalue weighted by molar-refractivity contribution is 6.32. The molecule has 2 aromatic carbocycles. The number of hydrogen-bond donors (Lipinski definition) is 2. The molecule has 0 bridgehead atoms. The van der Waals surface area contributed by atoms with Crippen molar-refractivity contribution in [3.63, 3.8) is 0 Å². The summed E-state index contributed by atoms with van der Waals surface area (Å²) in [4.78, 5) is 3.23. The number of aromatic nitrogens is 1. The van der Waals surface area contributed by atoms with Gasteiger partial charge in [0, 0.05) is 10.9 Å². The van der Waals surface area contributed by atoms with E-state index in [0.717, 1.165) is 16.6 Å². The van der Waals surface area contributed by atoms with E-state index in [2.05, 4.69) is 4.98 Å². The van der Waals surface area contributed by atoms with Crippen LogP contribution in [0.3, 0.4) is 0 Å². The Kier molecular flexibility index (Phi) is 3.05. The van der Waals surface area contributed by atoms with Crippen LogP contribution in [0.25, 0.3) is 10.9 Å². The Balaban J connectivity index is 1.80. The van der Waals surface area contributed by atoms with Crippen LogP contribution in [0, 0.1) is 0 Å². The first kappa shape index (κ1) is 11.9. The van der Waals surface area contributed by atoms with Crippen LogP contribution in [-0.2, 0) is 6.61 Å². The number of para-hydroxylation sites is 1. The number of H-pyrrole nitrogens is 1. The zero-order valence-electron chi connectivity index (χ0n) is 10.1. The summed E-state index contributed by atoms with van der Waals surface area (Å²) in [6.07, 6.45) is 0. The Labute approximate surface area is 115 Å². The first-order chi connectivity index (χ1) is 9.22. The fourth-order valence-electron chi connectivity index (χ4n) is 1.98. The molecule has 0 aliphatic carbocycles. The fourth-order valence-corrected chi connectivity index (χ4v) is 2.17. The maximum absolute atomic E-state index is 9.42. The lowest BCUT2D eigenvalue weighted by Gasteiger charge is -2.05. The predicted octanol–water partition coefficient (Wildman–Crippen LogP) is 4.11. The maximum atomic E-state index is 9.42. The molecule has 19 heavy (non-hydrogen) atoms. The normalized spacial score (nSPS) is 10.8. The van der Waals surface area contributed by atoms with E-state index in [1.807, 2.05) is 30.3 Å². The Morgan fingerprint density at radius 1 is 1.11 bits per heavy atom. The molecule has 0 saturated heterocycles. The summed E-state index contributed by atoms with van der Waals surface area (Å²) in [6.45, 7) is 0.402. The lowest BCUT2D eigenvalue weighted by molar-refractivity contribution is 0.302. The smallest absolute Gasteiger partial charge is 0.138 e. The molecule has 2 N–H and O–H groups in total. The van der Waals surface area contributed by atoms with Gasteiger partial charge in [0.05, 0.1) is 10.7 Å². The minimum atomic E-state index is 0.255. The number of ether oxygens (including phenoxy) is 1. The number of phenolic OH excluding ortho intramolecular Hbond substituents is 1. The van der Waals surface area contributed by atoms with E-state index >= 15 is 0 Å². The summed E-state index contributed by atoms with van der Waals surface area (Å²) in [6, 6.07) is 14.5. The summed E-state index contributed by atoms with van der Waals surface area (Å²) in [5.41, 5.74) is 1.90. The number of phenols is 1. The van der Waals surface area contributed by atoms with E-state index in [9.17, 15) is 5.11 Å². The summed E-state index contributed by atoms with van der Waals surface area (Å²) >= 11 is 6.02. The highest BCUT2D eigenvalue weighted by atomic mass is 35.5. The minimum absolute atomic E-state index is 0.255. The Hall–Kier alpha value is -2.13. The van der Waals surface area contributed by atoms with Gasteiger partial charge in [-0.05, 0) is 36.4 Å². The van der Waals surface area contributed by atoms with Gasteiger partial charge in [0.15, 0.2) is 0 Å². The maximum Gasteiger partial charge on any atom is 0.138 e. The molecule has 0 aliphatic rings. The Bertz CT molecular complexity index is 721. The van der Waals surface area contributed by atoms with E-state index in [1.165, 1.54) is 0 Å². The number of rotatable bonds is 3. The molecular formula is C15H12ClNO2. The number of nitrogens with one attached hydrogen (secondary N) is 1. The van der Waals surface area contributed by atoms with E-state index < -0.39 is 0 Å². The molecule has 0 aliphatic heterocycles. The van der Waals surface area contributed by atoms with Crippen molar-refractivity contribution in [1.29, 1.82) is 0 Å². The quantitative estimate of drug-likeness (QED) is 0.754. The number of fused-ring (bicyclic) bond motifs is 1. The lowest BCUT2D eigenvalue weighted by atomic mass is 10.2. The highest BCUT2D eigenvalue weighted by Gasteiger charge is 2.04. The lowest BCUT2D eigenvalue weighted by Crippen LogP contribution is -1.95. The molecule has 0 fully saturated rings. The number of aromatic hydroxyl groups is 1. The van der Waals surface area contributed by atoms with Crippen molar-refractivity contribution in [2.24, 2.45) is 0 Å². The molecule has 3 nitrogen and oxygen atoms in total. The highest BCUT2D eigenvalue weighted by Crippen LogP contribution is 2.25. The summed E-state index contributed by atoms with van der Waals surface area (Å²) in [5, 5.41) is 11.0. The van der Waals surface area contributed by atoms with Gasteiger partial charge in [0.25, 0.3) is 0 Å². The van der Waals surface area contributed by atoms with Crippen molar-refractivity contribution in [2.75, 3.05) is 0 Å². The predicted molar refractivity (Wildman–Crippen MR) is 75.7 cm³/mol. The standard InChI is InChI=1S/C15H12ClNO2/c16-13-3-1-2-4-15(13)19-9-11-7-10-8-12(18)5-6-14(10)17-11/h1-8,17-18H,9H2. The second kappa shape index (κ2) is 4.86. The van der Waals surface area contributed by atoms with Crippen molar-refractivity contribution >= 4 is 22.5 Å². The molecule has 0 radical (unpaired) electrons. The third-order valence-electron chi connectivity index (χ3n) is 2.88. The van der Waals surface area contributed by atoms with Crippen molar-refractivity contribution in [1.82, 2.24) is 4.98 Å². The molecule has 0 atom stereocenters. The van der Waals surface area contributed by atoms with Crippen molar-refractivity contribution in [2.45, 2.75) is 6.61 Å². The van der Waals surface area contributed by atoms with Gasteiger partial charge in [-0.1, -0.05) is 23.7 Å². The van der Waals surface area contributed by atoms with Crippen LogP contribution >= 0.6 is 11.6 Å². The zero-order chi connectivity index (χ0) is 13.2. The van der Waals surface area contributed by atoms with Crippen LogP contribution < -0.4 is 4.74 Å². The largest absolute Gasteiger partial charge is 0.508 e. The second-order valence-corrected chi connectivity index (χ2v) is 4.69. The van der Waals surface area contributed by atoms with Gasteiger partial charge in [0.2, 0.25) is 0 Å². The van der Waals surface area contributed by atoms with Crippen LogP contribution in [0.15, 0.2) is 48.5 Å². The van der Waals surface area contributed by atoms with Gasteiger partial charge >= 0.3 is 0 Å². The molecule has 3 rings (SSSR count). The van der Waals surface area contributed by atoms with Gasteiger partial charge in [-0.25, -0.2) is 0 Å². The molecule has 4 heteroatoms. The summed E-state index contributed by atoms with van der Waals surface area (Å²) in [5.74, 6) is 0.913. The molecule has 1 aromatic heterocycles. The van der Waals surface area contributed by atoms with Crippen molar-refractivity contribution < 1.29 is 9.84 Å². The zero-order valence-corrected chi connectivity index (χ0v) is 10.8. The van der Waals surface area contributed by atoms with Gasteiger partial charge in [-0.3, -0.25) is 0 Å². The van der Waals surface area contributed by atoms with Crippen LogP contribution in [0.1, 0.15) is 5.69 Å². The monoisotopic (exact) mass is 273 g/mol. The summed E-state index contributed by atoms with van der Waals surface area (Å²) in [7, 11) is 0. The van der Waals surface area contributed by atoms with E-state index in [0.29, 0.717) is 17.4 Å². The van der Waals surface area contributed by atoms with Gasteiger partial charge in [-0.2, -0.15) is 0 Å². The molecule has 0 saturated carbocycles. The number of benzene rings is 2. The molecular weight excluding hydrogens is 262 g/mol. The SMILES string of the molecule is Oc1ccc2[nH]c(COc3ccccc3Cl)cc2c1. The van der Waals surface area contributed by atoms with E-state index in [4.69, 9.17) is 16.3 Å². The molecule has 3 aromatic rings. The van der Waals surface area contributed by atoms with Crippen molar-refractivity contribution in [3.8, 4) is 11.5 Å². The van der Waals surface area contributed by atoms with Gasteiger partial charge < -0.3 is 14.8 Å². The first-order valence-electron chi connectivity index (χ1n) is 5.90. The molecule has 0 unspecified atom stereocenters. The average molecular weight is 274 g/mol. The first-order valence-corrected chi connectivity index (χ1v) is 6.28. The average Bonchev–Trinajstić information content (AvgIpc) is 2.79. The van der Waals surface area contributed by atoms with Crippen LogP contribution in [0.4, 0.5) is 0 Å². The minimum Gasteiger partial charge on any atom is -0.508 e. The van der Waals surface area contributed by atoms with Crippen LogP contribution in [0.2, 0.25) is 5.02 Å². The molecule has 1 heterocycles. The van der Waals surface area contributed by atoms with Gasteiger partial charge in [0.1, 0.15) is 18.1 Å². The van der Waals surface area contributed by atoms with Crippen molar-refractivity contribution in [3.05, 3.63) is 59.2 Å². The van der Waals surface area contributed by atoms with E-state index in [1.54, 1.807) is 18.2 Å². The Morgan fingerprint density at radius 2 is 1.95 bits per heavy atom. The molecule has 0 spiro atoms. The van der Waals surface area contributed by atoms with Crippen LogP contribution in [-0.4, -0.2) is 10.1 Å². The molecule has 0 amide bonds. The number of aromatic amines is 1. The number of halogens is 1. The summed E-state index contributed by atoms with van der Waals surface area (Å²) < 4.78 is 5.66. The third kappa shape index (κ3) is 2.51. The number of hydrogen-bond acceptors (Lipinski definition) is 2. The molecule has 96 valence electrons. The fraction of sp³-hybridized carbons (Fsp3) is 0.0667. The second-order valence-electron chi connectivity index (χ2n) is 4.29. The topological polar surface area (TPSA) is 45.2 Å².